The first-order valence-electron chi connectivity index (χ1n) is 11.8. The monoisotopic (exact) mass is 547 g/mol. The van der Waals surface area contributed by atoms with Crippen LogP contribution >= 0.6 is 35.0 Å². The molecule has 2 aromatic carbocycles. The maximum atomic E-state index is 13.0. The molecule has 0 radical (unpaired) electrons. The molecule has 3 rings (SSSR count). The molecule has 0 bridgehead atoms. The summed E-state index contributed by atoms with van der Waals surface area (Å²) in [6.45, 7) is 10.8. The Morgan fingerprint density at radius 2 is 1.81 bits per heavy atom. The largest absolute Gasteiger partial charge is 0.342 e. The number of amides is 2. The Labute approximate surface area is 226 Å². The number of hydrogen-bond acceptors (Lipinski definition) is 5. The van der Waals surface area contributed by atoms with E-state index in [4.69, 9.17) is 23.2 Å². The number of halogens is 2. The number of aromatic nitrogens is 3. The molecule has 192 valence electrons. The van der Waals surface area contributed by atoms with Gasteiger partial charge in [-0.1, -0.05) is 54.9 Å². The van der Waals surface area contributed by atoms with Crippen molar-refractivity contribution in [2.24, 2.45) is 5.92 Å². The zero-order chi connectivity index (χ0) is 26.4. The molecule has 2 amide bonds. The Morgan fingerprint density at radius 1 is 1.06 bits per heavy atom. The zero-order valence-electron chi connectivity index (χ0n) is 21.1. The Balaban J connectivity index is 1.74. The van der Waals surface area contributed by atoms with E-state index >= 15 is 0 Å². The smallest absolute Gasteiger partial charge is 0.253 e. The first-order chi connectivity index (χ1) is 17.1. The molecule has 1 aromatic heterocycles. The lowest BCUT2D eigenvalue weighted by atomic mass is 10.0. The van der Waals surface area contributed by atoms with Crippen LogP contribution in [0.25, 0.3) is 0 Å². The number of benzene rings is 2. The second-order valence-electron chi connectivity index (χ2n) is 9.00. The van der Waals surface area contributed by atoms with Crippen molar-refractivity contribution in [3.63, 3.8) is 0 Å². The summed E-state index contributed by atoms with van der Waals surface area (Å²) in [6, 6.07) is 10.2. The van der Waals surface area contributed by atoms with Gasteiger partial charge in [0.2, 0.25) is 5.91 Å². The first kappa shape index (κ1) is 28.0. The summed E-state index contributed by atoms with van der Waals surface area (Å²) < 4.78 is 1.94. The molecule has 2 N–H and O–H groups in total. The van der Waals surface area contributed by atoms with Gasteiger partial charge in [0, 0.05) is 17.3 Å². The summed E-state index contributed by atoms with van der Waals surface area (Å²) in [6.07, 6.45) is 0.660. The van der Waals surface area contributed by atoms with Gasteiger partial charge >= 0.3 is 0 Å². The van der Waals surface area contributed by atoms with Gasteiger partial charge in [-0.2, -0.15) is 0 Å². The molecular weight excluding hydrogens is 517 g/mol. The highest BCUT2D eigenvalue weighted by Crippen LogP contribution is 2.27. The van der Waals surface area contributed by atoms with Gasteiger partial charge in [0.1, 0.15) is 0 Å². The Bertz CT molecular complexity index is 1250. The highest BCUT2D eigenvalue weighted by atomic mass is 35.5. The summed E-state index contributed by atoms with van der Waals surface area (Å²) >= 11 is 13.5. The Morgan fingerprint density at radius 3 is 2.44 bits per heavy atom. The molecular formula is C26H31Cl2N5O2S. The maximum absolute atomic E-state index is 13.0. The zero-order valence-corrected chi connectivity index (χ0v) is 23.4. The normalized spacial score (nSPS) is 12.0. The molecule has 0 fully saturated rings. The van der Waals surface area contributed by atoms with Crippen LogP contribution in [0.3, 0.4) is 0 Å². The molecule has 0 aliphatic carbocycles. The van der Waals surface area contributed by atoms with Gasteiger partial charge in [-0.15, -0.1) is 10.2 Å². The third-order valence-corrected chi connectivity index (χ3v) is 7.20. The van der Waals surface area contributed by atoms with Crippen LogP contribution in [0.1, 0.15) is 60.5 Å². The van der Waals surface area contributed by atoms with Gasteiger partial charge in [0.25, 0.3) is 5.91 Å². The minimum absolute atomic E-state index is 0.125. The molecule has 0 aliphatic rings. The fourth-order valence-electron chi connectivity index (χ4n) is 3.72. The predicted octanol–water partition coefficient (Wildman–Crippen LogP) is 6.47. The van der Waals surface area contributed by atoms with Crippen LogP contribution < -0.4 is 10.6 Å². The van der Waals surface area contributed by atoms with Crippen LogP contribution in [-0.4, -0.2) is 32.3 Å². The Hall–Kier alpha value is -2.55. The van der Waals surface area contributed by atoms with Gasteiger partial charge in [0.15, 0.2) is 11.0 Å². The van der Waals surface area contributed by atoms with E-state index in [0.29, 0.717) is 34.5 Å². The van der Waals surface area contributed by atoms with Crippen LogP contribution in [0, 0.1) is 19.8 Å². The number of thioether (sulfide) groups is 1. The number of anilines is 1. The molecule has 10 heteroatoms. The minimum Gasteiger partial charge on any atom is -0.342 e. The average molecular weight is 549 g/mol. The van der Waals surface area contributed by atoms with Gasteiger partial charge in [-0.25, -0.2) is 0 Å². The van der Waals surface area contributed by atoms with Gasteiger partial charge in [0.05, 0.1) is 22.4 Å². The molecule has 0 unspecified atom stereocenters. The van der Waals surface area contributed by atoms with Crippen molar-refractivity contribution in [1.82, 2.24) is 20.1 Å². The van der Waals surface area contributed by atoms with E-state index in [-0.39, 0.29) is 34.5 Å². The van der Waals surface area contributed by atoms with Crippen LogP contribution in [0.4, 0.5) is 5.69 Å². The molecule has 0 aliphatic heterocycles. The summed E-state index contributed by atoms with van der Waals surface area (Å²) in [7, 11) is 0. The molecule has 0 saturated heterocycles. The third-order valence-electron chi connectivity index (χ3n) is 5.68. The fraction of sp³-hybridized carbons (Fsp3) is 0.385. The van der Waals surface area contributed by atoms with E-state index < -0.39 is 0 Å². The Kier molecular flexibility index (Phi) is 9.82. The van der Waals surface area contributed by atoms with Crippen LogP contribution in [-0.2, 0) is 11.3 Å². The van der Waals surface area contributed by atoms with E-state index in [9.17, 15) is 9.59 Å². The van der Waals surface area contributed by atoms with Crippen LogP contribution in [0.2, 0.25) is 10.0 Å². The number of carbonyl (C=O) groups is 2. The molecule has 36 heavy (non-hydrogen) atoms. The standard InChI is InChI=1S/C26H31Cl2N5O2S/c1-6-33-24(22(11-15(2)3)30-25(35)20-10-8-18(27)13-21(20)28)31-32-26(33)36-14-23(34)29-19-9-7-16(4)17(5)12-19/h7-10,12-13,15,22H,6,11,14H2,1-5H3,(H,29,34)(H,30,35)/t22-/m0/s1. The highest BCUT2D eigenvalue weighted by molar-refractivity contribution is 7.99. The van der Waals surface area contributed by atoms with E-state index in [1.807, 2.05) is 43.5 Å². The van der Waals surface area contributed by atoms with Gasteiger partial charge in [-0.05, 0) is 74.6 Å². The number of nitrogens with zero attached hydrogens (tertiary/aromatic N) is 3. The number of carbonyl (C=O) groups excluding carboxylic acids is 2. The minimum atomic E-state index is -0.379. The van der Waals surface area contributed by atoms with Gasteiger partial charge < -0.3 is 15.2 Å². The van der Waals surface area contributed by atoms with E-state index in [0.717, 1.165) is 11.3 Å². The highest BCUT2D eigenvalue weighted by Gasteiger charge is 2.25. The number of hydrogen-bond donors (Lipinski definition) is 2. The van der Waals surface area contributed by atoms with Crippen molar-refractivity contribution in [3.8, 4) is 0 Å². The molecule has 1 heterocycles. The SMILES string of the molecule is CCn1c(SCC(=O)Nc2ccc(C)c(C)c2)nnc1[C@H](CC(C)C)NC(=O)c1ccc(Cl)cc1Cl. The summed E-state index contributed by atoms with van der Waals surface area (Å²) in [5.74, 6) is 0.682. The lowest BCUT2D eigenvalue weighted by molar-refractivity contribution is -0.113. The van der Waals surface area contributed by atoms with E-state index in [2.05, 4.69) is 34.7 Å². The lowest BCUT2D eigenvalue weighted by Gasteiger charge is -2.21. The predicted molar refractivity (Wildman–Crippen MR) is 147 cm³/mol. The lowest BCUT2D eigenvalue weighted by Crippen LogP contribution is -2.31. The van der Waals surface area contributed by atoms with Gasteiger partial charge in [-0.3, -0.25) is 9.59 Å². The van der Waals surface area contributed by atoms with Crippen molar-refractivity contribution >= 4 is 52.5 Å². The third kappa shape index (κ3) is 7.24. The average Bonchev–Trinajstić information content (AvgIpc) is 3.22. The quantitative estimate of drug-likeness (QED) is 0.284. The number of aryl methyl sites for hydroxylation is 2. The van der Waals surface area contributed by atoms with Crippen molar-refractivity contribution < 1.29 is 9.59 Å². The molecule has 3 aromatic rings. The molecule has 1 atom stereocenters. The number of nitrogens with one attached hydrogen (secondary N) is 2. The second-order valence-corrected chi connectivity index (χ2v) is 10.8. The van der Waals surface area contributed by atoms with E-state index in [1.54, 1.807) is 18.2 Å². The summed E-state index contributed by atoms with van der Waals surface area (Å²) in [4.78, 5) is 25.6. The summed E-state index contributed by atoms with van der Waals surface area (Å²) in [5, 5.41) is 16.1. The topological polar surface area (TPSA) is 88.9 Å². The number of rotatable bonds is 10. The van der Waals surface area contributed by atoms with Crippen molar-refractivity contribution in [1.29, 1.82) is 0 Å². The first-order valence-corrected chi connectivity index (χ1v) is 13.5. The molecule has 0 saturated carbocycles. The van der Waals surface area contributed by atoms with Crippen LogP contribution in [0.15, 0.2) is 41.6 Å². The second kappa shape index (κ2) is 12.6. The van der Waals surface area contributed by atoms with Crippen molar-refractivity contribution in [2.75, 3.05) is 11.1 Å². The van der Waals surface area contributed by atoms with Crippen molar-refractivity contribution in [2.45, 2.75) is 58.8 Å². The molecule has 7 nitrogen and oxygen atoms in total. The fourth-order valence-corrected chi connectivity index (χ4v) is 5.02. The maximum Gasteiger partial charge on any atom is 0.253 e. The summed E-state index contributed by atoms with van der Waals surface area (Å²) in [5.41, 5.74) is 3.40. The van der Waals surface area contributed by atoms with E-state index in [1.165, 1.54) is 17.3 Å². The van der Waals surface area contributed by atoms with Crippen molar-refractivity contribution in [3.05, 3.63) is 69.0 Å². The molecule has 0 spiro atoms. The van der Waals surface area contributed by atoms with Crippen LogP contribution in [0.5, 0.6) is 0 Å².